The van der Waals surface area contributed by atoms with E-state index in [0.29, 0.717) is 42.6 Å². The highest BCUT2D eigenvalue weighted by Crippen LogP contribution is 2.28. The Morgan fingerprint density at radius 2 is 1.18 bits per heavy atom. The van der Waals surface area contributed by atoms with Crippen LogP contribution in [0.3, 0.4) is 0 Å². The Balaban J connectivity index is 1.57. The smallest absolute Gasteiger partial charge is 0.390 e. The summed E-state index contributed by atoms with van der Waals surface area (Å²) in [7, 11) is -6.61. The van der Waals surface area contributed by atoms with E-state index in [1.54, 1.807) is 0 Å². The van der Waals surface area contributed by atoms with Crippen molar-refractivity contribution in [2.24, 2.45) is 0 Å². The van der Waals surface area contributed by atoms with E-state index in [-0.39, 0.29) is 6.04 Å². The monoisotopic (exact) mass is 593 g/mol. The molecule has 0 fully saturated rings. The summed E-state index contributed by atoms with van der Waals surface area (Å²) in [5.74, 6) is 0. The molecule has 12 heteroatoms. The lowest BCUT2D eigenvalue weighted by molar-refractivity contribution is -0.697. The van der Waals surface area contributed by atoms with Crippen LogP contribution >= 0.6 is 23.2 Å². The predicted molar refractivity (Wildman–Crippen MR) is 150 cm³/mol. The average molecular weight is 595 g/mol. The fourth-order valence-corrected chi connectivity index (χ4v) is 5.00. The van der Waals surface area contributed by atoms with Crippen LogP contribution in [0.15, 0.2) is 61.2 Å². The summed E-state index contributed by atoms with van der Waals surface area (Å²) in [5.41, 5.74) is 3.56. The number of halogens is 2. The molecule has 3 aromatic rings. The summed E-state index contributed by atoms with van der Waals surface area (Å²) in [6.07, 6.45) is 16.5. The summed E-state index contributed by atoms with van der Waals surface area (Å²) in [6, 6.07) is 11.5. The van der Waals surface area contributed by atoms with Crippen molar-refractivity contribution in [2.75, 3.05) is 6.61 Å². The minimum atomic E-state index is -3.99. The Morgan fingerprint density at radius 3 is 1.61 bits per heavy atom. The second kappa shape index (κ2) is 14.8. The quantitative estimate of drug-likeness (QED) is 0.118. The number of nitrogens with zero attached hydrogens (tertiary/aromatic N) is 2. The first-order valence-electron chi connectivity index (χ1n) is 12.0. The summed E-state index contributed by atoms with van der Waals surface area (Å²) in [5, 5.41) is 1.15. The predicted octanol–water partition coefficient (Wildman–Crippen LogP) is 2.59. The highest BCUT2D eigenvalue weighted by atomic mass is 35.5. The van der Waals surface area contributed by atoms with Gasteiger partial charge in [0.05, 0.1) is 0 Å². The van der Waals surface area contributed by atoms with Gasteiger partial charge in [0.15, 0.2) is 31.3 Å². The molecule has 0 aliphatic heterocycles. The Labute approximate surface area is 234 Å². The zero-order valence-corrected chi connectivity index (χ0v) is 24.1. The van der Waals surface area contributed by atoms with E-state index in [4.69, 9.17) is 51.6 Å². The maximum absolute atomic E-state index is 9.10. The second-order valence-corrected chi connectivity index (χ2v) is 12.4. The Kier molecular flexibility index (Phi) is 11.8. The molecule has 1 aromatic carbocycles. The Bertz CT molecular complexity index is 1230. The molecule has 0 saturated carbocycles. The van der Waals surface area contributed by atoms with E-state index in [1.165, 1.54) is 0 Å². The van der Waals surface area contributed by atoms with Gasteiger partial charge in [0.1, 0.15) is 6.54 Å². The fraction of sp³-hybridized carbons (Fsp3) is 0.231. The van der Waals surface area contributed by atoms with E-state index < -0.39 is 18.3 Å². The molecule has 0 amide bonds. The SMILES string of the molecule is O[Si](O)OCCC[n+]1ccc(C=Cc2cc(Cl)c(C=Cc3cc[n+](CCC[Si](O)(O)O)cc3)cc2Cl)cc1. The summed E-state index contributed by atoms with van der Waals surface area (Å²) in [6.45, 7) is 1.59. The number of aromatic nitrogens is 2. The van der Waals surface area contributed by atoms with Crippen LogP contribution in [0.25, 0.3) is 24.3 Å². The van der Waals surface area contributed by atoms with Gasteiger partial charge in [-0.2, -0.15) is 0 Å². The number of benzene rings is 1. The van der Waals surface area contributed by atoms with Gasteiger partial charge in [-0.3, -0.25) is 0 Å². The standard InChI is InChI=1S/C26H31Cl2N2O6Si2/c27-25-20-24(6-4-22-9-15-30(16-10-22)12-2-18-38(33,34)35)26(28)19-23(25)5-3-21-7-13-29(14-8-21)11-1-17-36-37(31)32/h3-10,13-16,19-20,31-35H,1-2,11-12,17-18H2/q+2. The maximum atomic E-state index is 9.10. The molecule has 8 nitrogen and oxygen atoms in total. The number of pyridine rings is 2. The van der Waals surface area contributed by atoms with Crippen LogP contribution in [0.2, 0.25) is 16.1 Å². The number of rotatable bonds is 13. The van der Waals surface area contributed by atoms with Crippen molar-refractivity contribution in [2.45, 2.75) is 32.0 Å². The van der Waals surface area contributed by atoms with Gasteiger partial charge < -0.3 is 28.4 Å². The topological polar surface area (TPSA) is 118 Å². The van der Waals surface area contributed by atoms with Crippen LogP contribution in [-0.4, -0.2) is 48.9 Å². The zero-order chi connectivity index (χ0) is 27.5. The zero-order valence-electron chi connectivity index (χ0n) is 20.6. The van der Waals surface area contributed by atoms with E-state index in [2.05, 4.69) is 0 Å². The largest absolute Gasteiger partial charge is 0.571 e. The molecule has 0 aliphatic rings. The van der Waals surface area contributed by atoms with E-state index in [1.807, 2.05) is 94.6 Å². The van der Waals surface area contributed by atoms with E-state index in [0.717, 1.165) is 22.3 Å². The lowest BCUT2D eigenvalue weighted by Crippen LogP contribution is -2.38. The lowest BCUT2D eigenvalue weighted by Gasteiger charge is -2.06. The van der Waals surface area contributed by atoms with Crippen molar-refractivity contribution in [1.29, 1.82) is 0 Å². The van der Waals surface area contributed by atoms with Crippen LogP contribution in [0.1, 0.15) is 35.1 Å². The van der Waals surface area contributed by atoms with Gasteiger partial charge in [-0.15, -0.1) is 0 Å². The van der Waals surface area contributed by atoms with Crippen LogP contribution < -0.4 is 9.13 Å². The molecule has 0 atom stereocenters. The van der Waals surface area contributed by atoms with E-state index in [9.17, 15) is 0 Å². The molecule has 1 radical (unpaired) electrons. The lowest BCUT2D eigenvalue weighted by atomic mass is 10.1. The molecule has 0 bridgehead atoms. The Hall–Kier alpha value is -2.23. The number of aryl methyl sites for hydroxylation is 2. The minimum absolute atomic E-state index is 0.00806. The first-order valence-corrected chi connectivity index (χ1v) is 16.1. The molecule has 38 heavy (non-hydrogen) atoms. The summed E-state index contributed by atoms with van der Waals surface area (Å²) in [4.78, 5) is 44.9. The highest BCUT2D eigenvalue weighted by Gasteiger charge is 2.26. The van der Waals surface area contributed by atoms with Crippen molar-refractivity contribution in [3.8, 4) is 0 Å². The molecule has 3 rings (SSSR count). The molecular formula is C26H31Cl2N2O6Si2+2. The molecule has 5 N–H and O–H groups in total. The van der Waals surface area contributed by atoms with Crippen molar-refractivity contribution in [3.05, 3.63) is 93.5 Å². The average Bonchev–Trinajstić information content (AvgIpc) is 2.86. The molecule has 0 unspecified atom stereocenters. The molecule has 0 saturated heterocycles. The first-order chi connectivity index (χ1) is 18.1. The van der Waals surface area contributed by atoms with Gasteiger partial charge in [0.2, 0.25) is 0 Å². The second-order valence-electron chi connectivity index (χ2n) is 8.66. The van der Waals surface area contributed by atoms with Gasteiger partial charge in [0.25, 0.3) is 0 Å². The van der Waals surface area contributed by atoms with Gasteiger partial charge >= 0.3 is 18.3 Å². The van der Waals surface area contributed by atoms with Crippen molar-refractivity contribution >= 4 is 65.8 Å². The van der Waals surface area contributed by atoms with Crippen molar-refractivity contribution in [1.82, 2.24) is 0 Å². The summed E-state index contributed by atoms with van der Waals surface area (Å²) < 4.78 is 8.71. The first kappa shape index (κ1) is 30.3. The van der Waals surface area contributed by atoms with Crippen LogP contribution in [0, 0.1) is 0 Å². The minimum Gasteiger partial charge on any atom is -0.390 e. The normalized spacial score (nSPS) is 12.3. The van der Waals surface area contributed by atoms with Gasteiger partial charge in [-0.05, 0) is 34.4 Å². The molecule has 0 spiro atoms. The molecule has 201 valence electrons. The third-order valence-corrected chi connectivity index (χ3v) is 7.72. The van der Waals surface area contributed by atoms with Crippen molar-refractivity contribution < 1.29 is 37.5 Å². The van der Waals surface area contributed by atoms with Crippen LogP contribution in [0.4, 0.5) is 0 Å². The van der Waals surface area contributed by atoms with Gasteiger partial charge in [0, 0.05) is 59.8 Å². The van der Waals surface area contributed by atoms with Crippen LogP contribution in [-0.2, 0) is 17.5 Å². The number of hydrogen-bond donors (Lipinski definition) is 5. The molecular weight excluding hydrogens is 563 g/mol. The third kappa shape index (κ3) is 10.9. The highest BCUT2D eigenvalue weighted by molar-refractivity contribution is 6.56. The molecule has 0 aliphatic carbocycles. The molecule has 2 aromatic heterocycles. The van der Waals surface area contributed by atoms with Gasteiger partial charge in [-0.1, -0.05) is 47.5 Å². The number of hydrogen-bond acceptors (Lipinski definition) is 6. The third-order valence-electron chi connectivity index (χ3n) is 5.58. The van der Waals surface area contributed by atoms with Gasteiger partial charge in [-0.25, -0.2) is 9.13 Å². The van der Waals surface area contributed by atoms with Crippen LogP contribution in [0.5, 0.6) is 0 Å². The fourth-order valence-electron chi connectivity index (χ4n) is 3.57. The maximum Gasteiger partial charge on any atom is 0.571 e. The Morgan fingerprint density at radius 1 is 0.737 bits per heavy atom. The van der Waals surface area contributed by atoms with E-state index >= 15 is 0 Å². The molecule has 2 heterocycles. The van der Waals surface area contributed by atoms with Crippen molar-refractivity contribution in [3.63, 3.8) is 0 Å². The summed E-state index contributed by atoms with van der Waals surface area (Å²) >= 11 is 13.0.